The smallest absolute Gasteiger partial charge is 0.192 e. The predicted molar refractivity (Wildman–Crippen MR) is 111 cm³/mol. The lowest BCUT2D eigenvalue weighted by Crippen LogP contribution is -2.49. The van der Waals surface area contributed by atoms with Gasteiger partial charge in [-0.3, -0.25) is 0 Å². The molecule has 6 nitrogen and oxygen atoms in total. The highest BCUT2D eigenvalue weighted by molar-refractivity contribution is 5.80. The van der Waals surface area contributed by atoms with Gasteiger partial charge in [0.25, 0.3) is 0 Å². The fraction of sp³-hybridized carbons (Fsp3) is 0.857. The minimum Gasteiger partial charge on any atom is -0.354 e. The lowest BCUT2D eigenvalue weighted by atomic mass is 9.83. The van der Waals surface area contributed by atoms with E-state index in [4.69, 9.17) is 4.99 Å². The van der Waals surface area contributed by atoms with Crippen molar-refractivity contribution in [2.24, 2.45) is 18.0 Å². The molecule has 1 aromatic rings. The molecule has 0 aromatic carbocycles. The number of aromatic nitrogens is 3. The van der Waals surface area contributed by atoms with Gasteiger partial charge in [-0.25, -0.2) is 4.99 Å². The van der Waals surface area contributed by atoms with Crippen molar-refractivity contribution < 1.29 is 0 Å². The van der Waals surface area contributed by atoms with Gasteiger partial charge in [0.1, 0.15) is 12.4 Å². The van der Waals surface area contributed by atoms with E-state index in [0.717, 1.165) is 23.5 Å². The highest BCUT2D eigenvalue weighted by Gasteiger charge is 2.22. The van der Waals surface area contributed by atoms with Crippen molar-refractivity contribution >= 4 is 5.96 Å². The summed E-state index contributed by atoms with van der Waals surface area (Å²) >= 11 is 0. The van der Waals surface area contributed by atoms with Crippen molar-refractivity contribution in [3.63, 3.8) is 0 Å². The Bertz CT molecular complexity index is 594. The lowest BCUT2D eigenvalue weighted by molar-refractivity contribution is 0.293. The molecule has 0 saturated heterocycles. The Morgan fingerprint density at radius 1 is 1.00 bits per heavy atom. The van der Waals surface area contributed by atoms with E-state index in [2.05, 4.69) is 27.8 Å². The Morgan fingerprint density at radius 3 is 2.26 bits per heavy atom. The Hall–Kier alpha value is -1.59. The molecule has 152 valence electrons. The monoisotopic (exact) mass is 374 g/mol. The first-order valence-electron chi connectivity index (χ1n) is 11.1. The zero-order chi connectivity index (χ0) is 19.1. The number of guanidine groups is 1. The number of nitrogens with zero attached hydrogens (tertiary/aromatic N) is 4. The maximum atomic E-state index is 4.88. The van der Waals surface area contributed by atoms with Crippen LogP contribution in [0.25, 0.3) is 0 Å². The van der Waals surface area contributed by atoms with Crippen LogP contribution >= 0.6 is 0 Å². The van der Waals surface area contributed by atoms with Gasteiger partial charge < -0.3 is 15.2 Å². The zero-order valence-corrected chi connectivity index (χ0v) is 17.5. The van der Waals surface area contributed by atoms with E-state index in [1.54, 1.807) is 0 Å². The summed E-state index contributed by atoms with van der Waals surface area (Å²) in [7, 11) is 2.01. The van der Waals surface area contributed by atoms with Gasteiger partial charge in [-0.2, -0.15) is 0 Å². The van der Waals surface area contributed by atoms with Crippen LogP contribution in [0.15, 0.2) is 4.99 Å². The number of aliphatic imine (C=N–C) groups is 1. The molecule has 1 heterocycles. The van der Waals surface area contributed by atoms with Gasteiger partial charge in [0.2, 0.25) is 0 Å². The summed E-state index contributed by atoms with van der Waals surface area (Å²) < 4.78 is 2.03. The largest absolute Gasteiger partial charge is 0.354 e. The molecular formula is C21H38N6. The quantitative estimate of drug-likeness (QED) is 0.586. The first-order chi connectivity index (χ1) is 13.2. The van der Waals surface area contributed by atoms with Gasteiger partial charge in [-0.1, -0.05) is 39.0 Å². The van der Waals surface area contributed by atoms with Crippen LogP contribution in [0.2, 0.25) is 0 Å². The Kier molecular flexibility index (Phi) is 7.53. The molecule has 0 radical (unpaired) electrons. The highest BCUT2D eigenvalue weighted by atomic mass is 15.3. The van der Waals surface area contributed by atoms with E-state index in [9.17, 15) is 0 Å². The van der Waals surface area contributed by atoms with E-state index < -0.39 is 0 Å². The maximum Gasteiger partial charge on any atom is 0.192 e. The number of hydrogen-bond acceptors (Lipinski definition) is 3. The predicted octanol–water partition coefficient (Wildman–Crippen LogP) is 3.85. The van der Waals surface area contributed by atoms with E-state index in [1.165, 1.54) is 70.6 Å². The molecule has 2 N–H and O–H groups in total. The van der Waals surface area contributed by atoms with Gasteiger partial charge in [-0.15, -0.1) is 10.2 Å². The fourth-order valence-corrected chi connectivity index (χ4v) is 4.51. The summed E-state index contributed by atoms with van der Waals surface area (Å²) in [5.74, 6) is 3.76. The van der Waals surface area contributed by atoms with Crippen LogP contribution in [0.4, 0.5) is 0 Å². The number of rotatable bonds is 6. The lowest BCUT2D eigenvalue weighted by Gasteiger charge is -2.32. The third-order valence-corrected chi connectivity index (χ3v) is 6.39. The van der Waals surface area contributed by atoms with Crippen LogP contribution in [-0.4, -0.2) is 32.8 Å². The number of hydrogen-bond donors (Lipinski definition) is 2. The van der Waals surface area contributed by atoms with Crippen LogP contribution in [0.1, 0.15) is 89.2 Å². The SMILES string of the molecule is CCCC1CCC(NC(=NCc2nnc(C)n2C)NC2CCCCC2)CC1. The molecule has 0 spiro atoms. The molecular weight excluding hydrogens is 336 g/mol. The highest BCUT2D eigenvalue weighted by Crippen LogP contribution is 2.27. The molecule has 6 heteroatoms. The molecule has 2 aliphatic rings. The molecule has 3 rings (SSSR count). The second-order valence-electron chi connectivity index (χ2n) is 8.52. The van der Waals surface area contributed by atoms with Crippen LogP contribution in [0.3, 0.4) is 0 Å². The molecule has 0 atom stereocenters. The fourth-order valence-electron chi connectivity index (χ4n) is 4.51. The molecule has 2 saturated carbocycles. The Balaban J connectivity index is 1.60. The van der Waals surface area contributed by atoms with E-state index in [1.807, 2.05) is 18.5 Å². The van der Waals surface area contributed by atoms with E-state index >= 15 is 0 Å². The van der Waals surface area contributed by atoms with Crippen LogP contribution in [0, 0.1) is 12.8 Å². The third-order valence-electron chi connectivity index (χ3n) is 6.39. The van der Waals surface area contributed by atoms with Crippen LogP contribution in [-0.2, 0) is 13.6 Å². The van der Waals surface area contributed by atoms with Crippen molar-refractivity contribution in [3.8, 4) is 0 Å². The minimum absolute atomic E-state index is 0.550. The summed E-state index contributed by atoms with van der Waals surface area (Å²) in [4.78, 5) is 4.88. The summed E-state index contributed by atoms with van der Waals surface area (Å²) in [6.45, 7) is 4.86. The molecule has 2 fully saturated rings. The van der Waals surface area contributed by atoms with Gasteiger partial charge in [-0.05, 0) is 51.4 Å². The summed E-state index contributed by atoms with van der Waals surface area (Å²) in [5, 5.41) is 15.9. The first kappa shape index (κ1) is 20.2. The zero-order valence-electron chi connectivity index (χ0n) is 17.5. The second-order valence-corrected chi connectivity index (χ2v) is 8.52. The Morgan fingerprint density at radius 2 is 1.67 bits per heavy atom. The number of aryl methyl sites for hydroxylation is 1. The minimum atomic E-state index is 0.550. The topological polar surface area (TPSA) is 67.1 Å². The third kappa shape index (κ3) is 5.94. The molecule has 2 aliphatic carbocycles. The summed E-state index contributed by atoms with van der Waals surface area (Å²) in [6.07, 6.45) is 14.5. The molecule has 27 heavy (non-hydrogen) atoms. The van der Waals surface area contributed by atoms with Crippen molar-refractivity contribution in [1.29, 1.82) is 0 Å². The molecule has 0 unspecified atom stereocenters. The number of nitrogens with one attached hydrogen (secondary N) is 2. The summed E-state index contributed by atoms with van der Waals surface area (Å²) in [6, 6.07) is 1.11. The van der Waals surface area contributed by atoms with Crippen molar-refractivity contribution in [3.05, 3.63) is 11.6 Å². The van der Waals surface area contributed by atoms with E-state index in [0.29, 0.717) is 18.6 Å². The maximum absolute atomic E-state index is 4.88. The first-order valence-corrected chi connectivity index (χ1v) is 11.1. The van der Waals surface area contributed by atoms with Gasteiger partial charge in [0.05, 0.1) is 0 Å². The average molecular weight is 375 g/mol. The molecule has 0 amide bonds. The van der Waals surface area contributed by atoms with Crippen molar-refractivity contribution in [1.82, 2.24) is 25.4 Å². The normalized spacial score (nSPS) is 24.8. The van der Waals surface area contributed by atoms with Crippen LogP contribution in [0.5, 0.6) is 0 Å². The molecule has 0 bridgehead atoms. The second kappa shape index (κ2) is 10.1. The molecule has 0 aliphatic heterocycles. The molecule has 1 aromatic heterocycles. The van der Waals surface area contributed by atoms with E-state index in [-0.39, 0.29) is 0 Å². The van der Waals surface area contributed by atoms with Gasteiger partial charge in [0.15, 0.2) is 11.8 Å². The van der Waals surface area contributed by atoms with Crippen LogP contribution < -0.4 is 10.6 Å². The van der Waals surface area contributed by atoms with Crippen molar-refractivity contribution in [2.75, 3.05) is 0 Å². The van der Waals surface area contributed by atoms with Gasteiger partial charge in [0, 0.05) is 19.1 Å². The Labute approximate surface area is 164 Å². The standard InChI is InChI=1S/C21H38N6/c1-4-8-17-11-13-19(14-12-17)24-21(23-18-9-6-5-7-10-18)22-15-20-26-25-16(2)27(20)3/h17-19H,4-15H2,1-3H3,(H2,22,23,24). The van der Waals surface area contributed by atoms with Gasteiger partial charge >= 0.3 is 0 Å². The summed E-state index contributed by atoms with van der Waals surface area (Å²) in [5.41, 5.74) is 0. The van der Waals surface area contributed by atoms with Crippen molar-refractivity contribution in [2.45, 2.75) is 103 Å². The average Bonchev–Trinajstić information content (AvgIpc) is 3.01.